The van der Waals surface area contributed by atoms with Crippen molar-refractivity contribution in [2.24, 2.45) is 7.05 Å². The Kier molecular flexibility index (Phi) is 6.30. The number of amides is 2. The summed E-state index contributed by atoms with van der Waals surface area (Å²) in [5, 5.41) is 14.4. The number of nitrogens with one attached hydrogen (secondary N) is 1. The zero-order valence-corrected chi connectivity index (χ0v) is 14.7. The van der Waals surface area contributed by atoms with E-state index in [0.29, 0.717) is 29.5 Å². The van der Waals surface area contributed by atoms with E-state index in [9.17, 15) is 9.59 Å². The maximum absolute atomic E-state index is 12.2. The van der Waals surface area contributed by atoms with E-state index in [2.05, 4.69) is 20.8 Å². The van der Waals surface area contributed by atoms with Crippen LogP contribution in [0.15, 0.2) is 29.4 Å². The molecular formula is C15H20N6O2S. The Labute approximate surface area is 144 Å². The first-order valence-electron chi connectivity index (χ1n) is 7.59. The van der Waals surface area contributed by atoms with Gasteiger partial charge >= 0.3 is 0 Å². The minimum Gasteiger partial charge on any atom is -0.339 e. The molecule has 0 spiro atoms. The highest BCUT2D eigenvalue weighted by Crippen LogP contribution is 2.15. The van der Waals surface area contributed by atoms with Crippen molar-refractivity contribution < 1.29 is 9.59 Å². The molecule has 128 valence electrons. The second-order valence-electron chi connectivity index (χ2n) is 4.98. The number of hydrogen-bond acceptors (Lipinski definition) is 6. The molecule has 24 heavy (non-hydrogen) atoms. The monoisotopic (exact) mass is 348 g/mol. The lowest BCUT2D eigenvalue weighted by Gasteiger charge is -2.18. The number of aryl methyl sites for hydroxylation is 1. The predicted octanol–water partition coefficient (Wildman–Crippen LogP) is 1.42. The first-order valence-corrected chi connectivity index (χ1v) is 8.58. The molecule has 0 fully saturated rings. The molecule has 1 N–H and O–H groups in total. The fraction of sp³-hybridized carbons (Fsp3) is 0.400. The molecule has 0 aliphatic heterocycles. The van der Waals surface area contributed by atoms with E-state index in [-0.39, 0.29) is 17.6 Å². The molecule has 2 aromatic rings. The number of tetrazole rings is 1. The van der Waals surface area contributed by atoms with Gasteiger partial charge in [0, 0.05) is 31.4 Å². The summed E-state index contributed by atoms with van der Waals surface area (Å²) < 4.78 is 1.51. The van der Waals surface area contributed by atoms with Crippen LogP contribution in [0.5, 0.6) is 0 Å². The van der Waals surface area contributed by atoms with Crippen molar-refractivity contribution in [2.75, 3.05) is 24.2 Å². The zero-order chi connectivity index (χ0) is 17.5. The van der Waals surface area contributed by atoms with Gasteiger partial charge < -0.3 is 10.2 Å². The van der Waals surface area contributed by atoms with Crippen molar-refractivity contribution in [3.63, 3.8) is 0 Å². The van der Waals surface area contributed by atoms with Gasteiger partial charge in [0.1, 0.15) is 0 Å². The Morgan fingerprint density at radius 2 is 1.88 bits per heavy atom. The fourth-order valence-corrected chi connectivity index (χ4v) is 2.71. The number of hydrogen-bond donors (Lipinski definition) is 1. The van der Waals surface area contributed by atoms with Crippen LogP contribution in [-0.4, -0.2) is 55.8 Å². The van der Waals surface area contributed by atoms with Crippen LogP contribution in [0.3, 0.4) is 0 Å². The van der Waals surface area contributed by atoms with Crippen LogP contribution < -0.4 is 5.32 Å². The zero-order valence-electron chi connectivity index (χ0n) is 13.9. The van der Waals surface area contributed by atoms with Gasteiger partial charge in [-0.15, -0.1) is 5.10 Å². The number of carbonyl (C=O) groups is 2. The van der Waals surface area contributed by atoms with E-state index >= 15 is 0 Å². The Morgan fingerprint density at radius 1 is 1.21 bits per heavy atom. The molecule has 0 saturated carbocycles. The van der Waals surface area contributed by atoms with Crippen LogP contribution in [0.2, 0.25) is 0 Å². The summed E-state index contributed by atoms with van der Waals surface area (Å²) in [7, 11) is 1.71. The molecule has 0 aliphatic carbocycles. The molecule has 0 radical (unpaired) electrons. The Hall–Kier alpha value is -2.42. The predicted molar refractivity (Wildman–Crippen MR) is 91.8 cm³/mol. The van der Waals surface area contributed by atoms with Crippen molar-refractivity contribution >= 4 is 29.3 Å². The van der Waals surface area contributed by atoms with Gasteiger partial charge in [-0.1, -0.05) is 11.8 Å². The lowest BCUT2D eigenvalue weighted by molar-refractivity contribution is -0.113. The van der Waals surface area contributed by atoms with Crippen molar-refractivity contribution in [1.29, 1.82) is 0 Å². The molecule has 2 amide bonds. The van der Waals surface area contributed by atoms with Crippen LogP contribution in [0.4, 0.5) is 5.69 Å². The highest BCUT2D eigenvalue weighted by Gasteiger charge is 2.12. The van der Waals surface area contributed by atoms with Crippen molar-refractivity contribution in [3.05, 3.63) is 29.8 Å². The Bertz CT molecular complexity index is 696. The van der Waals surface area contributed by atoms with Gasteiger partial charge in [-0.3, -0.25) is 9.59 Å². The summed E-state index contributed by atoms with van der Waals surface area (Å²) in [6.07, 6.45) is 0. The number of rotatable bonds is 7. The molecular weight excluding hydrogens is 328 g/mol. The number of nitrogens with zero attached hydrogens (tertiary/aromatic N) is 5. The first-order chi connectivity index (χ1) is 11.5. The standard InChI is InChI=1S/C15H20N6O2S/c1-4-21(5-2)14(23)11-6-8-12(9-7-11)16-13(22)10-24-15-17-18-19-20(15)3/h6-9H,4-5,10H2,1-3H3,(H,16,22). The second-order valence-corrected chi connectivity index (χ2v) is 5.92. The summed E-state index contributed by atoms with van der Waals surface area (Å²) in [5.41, 5.74) is 1.25. The van der Waals surface area contributed by atoms with Crippen molar-refractivity contribution in [3.8, 4) is 0 Å². The number of aromatic nitrogens is 4. The van der Waals surface area contributed by atoms with Gasteiger partial charge in [-0.25, -0.2) is 4.68 Å². The summed E-state index contributed by atoms with van der Waals surface area (Å²) in [6.45, 7) is 5.23. The van der Waals surface area contributed by atoms with Gasteiger partial charge in [-0.05, 0) is 48.5 Å². The number of carbonyl (C=O) groups excluding carboxylic acids is 2. The average molecular weight is 348 g/mol. The van der Waals surface area contributed by atoms with E-state index < -0.39 is 0 Å². The minimum absolute atomic E-state index is 0.0109. The Morgan fingerprint density at radius 3 is 2.42 bits per heavy atom. The molecule has 0 saturated heterocycles. The van der Waals surface area contributed by atoms with Crippen LogP contribution >= 0.6 is 11.8 Å². The van der Waals surface area contributed by atoms with Gasteiger partial charge in [0.15, 0.2) is 0 Å². The molecule has 0 atom stereocenters. The third-order valence-corrected chi connectivity index (χ3v) is 4.39. The van der Waals surface area contributed by atoms with E-state index in [1.54, 1.807) is 36.2 Å². The molecule has 8 nitrogen and oxygen atoms in total. The molecule has 9 heteroatoms. The third kappa shape index (κ3) is 4.54. The van der Waals surface area contributed by atoms with Crippen LogP contribution in [-0.2, 0) is 11.8 Å². The summed E-state index contributed by atoms with van der Waals surface area (Å²) in [4.78, 5) is 25.9. The van der Waals surface area contributed by atoms with Crippen LogP contribution in [0, 0.1) is 0 Å². The average Bonchev–Trinajstić information content (AvgIpc) is 3.00. The maximum Gasteiger partial charge on any atom is 0.253 e. The highest BCUT2D eigenvalue weighted by molar-refractivity contribution is 7.99. The molecule has 0 aliphatic rings. The van der Waals surface area contributed by atoms with Crippen molar-refractivity contribution in [2.45, 2.75) is 19.0 Å². The first kappa shape index (κ1) is 17.9. The maximum atomic E-state index is 12.2. The molecule has 1 heterocycles. The molecule has 1 aromatic heterocycles. The van der Waals surface area contributed by atoms with Gasteiger partial charge in [0.05, 0.1) is 5.75 Å². The van der Waals surface area contributed by atoms with Crippen LogP contribution in [0.1, 0.15) is 24.2 Å². The van der Waals surface area contributed by atoms with Gasteiger partial charge in [0.25, 0.3) is 5.91 Å². The van der Waals surface area contributed by atoms with E-state index in [0.717, 1.165) is 0 Å². The molecule has 0 unspecified atom stereocenters. The molecule has 0 bridgehead atoms. The fourth-order valence-electron chi connectivity index (χ4n) is 2.06. The second kappa shape index (κ2) is 8.44. The largest absolute Gasteiger partial charge is 0.339 e. The normalized spacial score (nSPS) is 10.5. The smallest absolute Gasteiger partial charge is 0.253 e. The number of thioether (sulfide) groups is 1. The number of anilines is 1. The topological polar surface area (TPSA) is 93.0 Å². The lowest BCUT2D eigenvalue weighted by Crippen LogP contribution is -2.30. The molecule has 2 rings (SSSR count). The van der Waals surface area contributed by atoms with Gasteiger partial charge in [-0.2, -0.15) is 0 Å². The lowest BCUT2D eigenvalue weighted by atomic mass is 10.2. The van der Waals surface area contributed by atoms with Gasteiger partial charge in [0.2, 0.25) is 11.1 Å². The Balaban J connectivity index is 1.90. The summed E-state index contributed by atoms with van der Waals surface area (Å²) >= 11 is 1.25. The van der Waals surface area contributed by atoms with E-state index in [4.69, 9.17) is 0 Å². The number of benzene rings is 1. The highest BCUT2D eigenvalue weighted by atomic mass is 32.2. The minimum atomic E-state index is -0.161. The quantitative estimate of drug-likeness (QED) is 0.761. The summed E-state index contributed by atoms with van der Waals surface area (Å²) in [6, 6.07) is 6.89. The molecule has 1 aromatic carbocycles. The summed E-state index contributed by atoms with van der Waals surface area (Å²) in [5.74, 6) is 0.0305. The van der Waals surface area contributed by atoms with Crippen molar-refractivity contribution in [1.82, 2.24) is 25.1 Å². The van der Waals surface area contributed by atoms with Crippen LogP contribution in [0.25, 0.3) is 0 Å². The SMILES string of the molecule is CCN(CC)C(=O)c1ccc(NC(=O)CSc2nnnn2C)cc1. The van der Waals surface area contributed by atoms with E-state index in [1.807, 2.05) is 13.8 Å². The van der Waals surface area contributed by atoms with E-state index in [1.165, 1.54) is 16.4 Å². The third-order valence-electron chi connectivity index (χ3n) is 3.38.